The van der Waals surface area contributed by atoms with Crippen LogP contribution in [0, 0.1) is 5.92 Å². The minimum absolute atomic E-state index is 0.394. The van der Waals surface area contributed by atoms with Crippen LogP contribution in [-0.4, -0.2) is 25.7 Å². The normalized spacial score (nSPS) is 19.6. The molecule has 0 aromatic rings. The van der Waals surface area contributed by atoms with E-state index in [-0.39, 0.29) is 0 Å². The molecule has 0 N–H and O–H groups in total. The Balaban J connectivity index is 1.92. The van der Waals surface area contributed by atoms with Gasteiger partial charge >= 0.3 is 0 Å². The van der Waals surface area contributed by atoms with E-state index in [0.29, 0.717) is 12.5 Å². The molecular formula is C13H23FO2. The summed E-state index contributed by atoms with van der Waals surface area (Å²) in [5, 5.41) is 0. The lowest BCUT2D eigenvalue weighted by atomic mass is 9.98. The molecule has 1 rings (SSSR count). The summed E-state index contributed by atoms with van der Waals surface area (Å²) < 4.78 is 17.9. The van der Waals surface area contributed by atoms with Crippen LogP contribution in [0.3, 0.4) is 0 Å². The highest BCUT2D eigenvalue weighted by molar-refractivity contribution is 5.53. The van der Waals surface area contributed by atoms with Crippen LogP contribution >= 0.6 is 0 Å². The quantitative estimate of drug-likeness (QED) is 0.472. The van der Waals surface area contributed by atoms with Crippen LogP contribution in [0.5, 0.6) is 0 Å². The monoisotopic (exact) mass is 230 g/mol. The van der Waals surface area contributed by atoms with Crippen molar-refractivity contribution in [3.05, 3.63) is 0 Å². The van der Waals surface area contributed by atoms with Crippen LogP contribution in [0.25, 0.3) is 0 Å². The molecule has 0 aromatic heterocycles. The van der Waals surface area contributed by atoms with Gasteiger partial charge in [-0.25, -0.2) is 0 Å². The van der Waals surface area contributed by atoms with Gasteiger partial charge in [-0.1, -0.05) is 25.7 Å². The fourth-order valence-electron chi connectivity index (χ4n) is 2.17. The Bertz CT molecular complexity index is 179. The van der Waals surface area contributed by atoms with E-state index >= 15 is 0 Å². The second kappa shape index (κ2) is 8.68. The first-order valence-electron chi connectivity index (χ1n) is 6.49. The average Bonchev–Trinajstić information content (AvgIpc) is 2.35. The number of ether oxygens (including phenoxy) is 1. The summed E-state index contributed by atoms with van der Waals surface area (Å²) in [5.74, 6) is -0.394. The van der Waals surface area contributed by atoms with Gasteiger partial charge in [-0.2, -0.15) is 0 Å². The predicted molar refractivity (Wildman–Crippen MR) is 62.2 cm³/mol. The molecule has 3 heteroatoms. The molecule has 0 radical (unpaired) electrons. The minimum atomic E-state index is -0.521. The Morgan fingerprint density at radius 2 is 2.00 bits per heavy atom. The molecule has 0 saturated heterocycles. The summed E-state index contributed by atoms with van der Waals surface area (Å²) >= 11 is 0. The van der Waals surface area contributed by atoms with E-state index in [0.717, 1.165) is 25.7 Å². The highest BCUT2D eigenvalue weighted by Gasteiger charge is 2.13. The first-order valence-corrected chi connectivity index (χ1v) is 6.49. The van der Waals surface area contributed by atoms with Crippen LogP contribution in [0.1, 0.15) is 51.4 Å². The number of hydrogen-bond acceptors (Lipinski definition) is 2. The van der Waals surface area contributed by atoms with E-state index in [1.54, 1.807) is 0 Å². The van der Waals surface area contributed by atoms with E-state index in [4.69, 9.17) is 4.74 Å². The fourth-order valence-corrected chi connectivity index (χ4v) is 2.17. The highest BCUT2D eigenvalue weighted by Crippen LogP contribution is 2.20. The van der Waals surface area contributed by atoms with E-state index in [1.807, 2.05) is 0 Å². The van der Waals surface area contributed by atoms with Crippen LogP contribution in [0.4, 0.5) is 4.39 Å². The zero-order chi connectivity index (χ0) is 11.6. The van der Waals surface area contributed by atoms with Crippen LogP contribution in [-0.2, 0) is 9.53 Å². The van der Waals surface area contributed by atoms with Gasteiger partial charge in [0, 0.05) is 12.5 Å². The van der Waals surface area contributed by atoms with Gasteiger partial charge < -0.3 is 9.53 Å². The van der Waals surface area contributed by atoms with Crippen molar-refractivity contribution in [2.24, 2.45) is 5.92 Å². The zero-order valence-electron chi connectivity index (χ0n) is 10.00. The molecule has 94 valence electrons. The molecule has 2 nitrogen and oxygen atoms in total. The lowest BCUT2D eigenvalue weighted by Gasteiger charge is -2.21. The molecule has 0 heterocycles. The highest BCUT2D eigenvalue weighted by atomic mass is 19.1. The first-order chi connectivity index (χ1) is 7.86. The molecule has 0 aliphatic heterocycles. The Morgan fingerprint density at radius 3 is 2.62 bits per heavy atom. The van der Waals surface area contributed by atoms with Gasteiger partial charge in [0.25, 0.3) is 0 Å². The van der Waals surface area contributed by atoms with Crippen LogP contribution in [0.2, 0.25) is 0 Å². The Labute approximate surface area is 97.6 Å². The molecule has 0 aromatic carbocycles. The van der Waals surface area contributed by atoms with Crippen molar-refractivity contribution in [2.75, 3.05) is 13.3 Å². The summed E-state index contributed by atoms with van der Waals surface area (Å²) in [4.78, 5) is 10.4. The Morgan fingerprint density at radius 1 is 1.25 bits per heavy atom. The van der Waals surface area contributed by atoms with Gasteiger partial charge in [-0.15, -0.1) is 0 Å². The summed E-state index contributed by atoms with van der Waals surface area (Å²) in [6, 6.07) is 0. The van der Waals surface area contributed by atoms with Gasteiger partial charge in [0.15, 0.2) is 0 Å². The summed E-state index contributed by atoms with van der Waals surface area (Å²) in [6.07, 6.45) is 9.99. The van der Waals surface area contributed by atoms with Crippen molar-refractivity contribution in [1.29, 1.82) is 0 Å². The molecular weight excluding hydrogens is 207 g/mol. The average molecular weight is 230 g/mol. The molecule has 1 atom stereocenters. The zero-order valence-corrected chi connectivity index (χ0v) is 10.00. The number of rotatable bonds is 8. The van der Waals surface area contributed by atoms with E-state index in [1.165, 1.54) is 32.1 Å². The second-order valence-corrected chi connectivity index (χ2v) is 4.68. The lowest BCUT2D eigenvalue weighted by Crippen LogP contribution is -2.17. The van der Waals surface area contributed by atoms with Crippen molar-refractivity contribution in [1.82, 2.24) is 0 Å². The maximum atomic E-state index is 12.2. The number of carbonyl (C=O) groups excluding carboxylic acids is 1. The molecule has 1 aliphatic rings. The molecule has 1 unspecified atom stereocenters. The van der Waals surface area contributed by atoms with Gasteiger partial charge in [-0.3, -0.25) is 4.39 Å². The van der Waals surface area contributed by atoms with Gasteiger partial charge in [0.2, 0.25) is 0 Å². The van der Waals surface area contributed by atoms with Crippen molar-refractivity contribution in [3.8, 4) is 0 Å². The summed E-state index contributed by atoms with van der Waals surface area (Å²) in [7, 11) is 0. The molecule has 0 amide bonds. The third-order valence-electron chi connectivity index (χ3n) is 3.27. The molecule has 1 saturated carbocycles. The number of halogens is 1. The minimum Gasteiger partial charge on any atom is -0.378 e. The smallest absolute Gasteiger partial charge is 0.125 e. The molecule has 0 spiro atoms. The van der Waals surface area contributed by atoms with E-state index in [2.05, 4.69) is 0 Å². The van der Waals surface area contributed by atoms with Crippen molar-refractivity contribution in [2.45, 2.75) is 57.5 Å². The largest absolute Gasteiger partial charge is 0.378 e. The molecule has 16 heavy (non-hydrogen) atoms. The number of hydrogen-bond donors (Lipinski definition) is 0. The molecule has 0 bridgehead atoms. The first kappa shape index (κ1) is 13.6. The number of aldehydes is 1. The number of alkyl halides is 1. The van der Waals surface area contributed by atoms with Crippen molar-refractivity contribution < 1.29 is 13.9 Å². The Hall–Kier alpha value is -0.440. The Kier molecular flexibility index (Phi) is 7.39. The number of unbranched alkanes of at least 4 members (excludes halogenated alkanes) is 1. The van der Waals surface area contributed by atoms with Crippen LogP contribution < -0.4 is 0 Å². The molecule has 1 aliphatic carbocycles. The van der Waals surface area contributed by atoms with Gasteiger partial charge in [0.1, 0.15) is 6.29 Å². The second-order valence-electron chi connectivity index (χ2n) is 4.68. The van der Waals surface area contributed by atoms with Crippen molar-refractivity contribution >= 4 is 6.29 Å². The third kappa shape index (κ3) is 5.59. The van der Waals surface area contributed by atoms with Gasteiger partial charge in [-0.05, 0) is 25.7 Å². The lowest BCUT2D eigenvalue weighted by molar-refractivity contribution is -0.111. The summed E-state index contributed by atoms with van der Waals surface area (Å²) in [5.41, 5.74) is 0. The maximum absolute atomic E-state index is 12.2. The van der Waals surface area contributed by atoms with E-state index in [9.17, 15) is 9.18 Å². The topological polar surface area (TPSA) is 26.3 Å². The molecule has 1 fully saturated rings. The number of carbonyl (C=O) groups is 1. The standard InChI is InChI=1S/C13H23FO2/c14-10-12(11-15)6-4-5-9-16-13-7-2-1-3-8-13/h11-13H,1-10H2. The van der Waals surface area contributed by atoms with Gasteiger partial charge in [0.05, 0.1) is 12.8 Å². The van der Waals surface area contributed by atoms with Crippen LogP contribution in [0.15, 0.2) is 0 Å². The van der Waals surface area contributed by atoms with E-state index < -0.39 is 12.6 Å². The fraction of sp³-hybridized carbons (Fsp3) is 0.923. The SMILES string of the molecule is O=CC(CF)CCCCOC1CCCCC1. The summed E-state index contributed by atoms with van der Waals surface area (Å²) in [6.45, 7) is 0.246. The van der Waals surface area contributed by atoms with Crippen molar-refractivity contribution in [3.63, 3.8) is 0 Å². The maximum Gasteiger partial charge on any atom is 0.125 e. The third-order valence-corrected chi connectivity index (χ3v) is 3.27. The predicted octanol–water partition coefficient (Wildman–Crippen LogP) is 3.29.